The maximum absolute atomic E-state index is 15.5. The summed E-state index contributed by atoms with van der Waals surface area (Å²) < 4.78 is 36.7. The van der Waals surface area contributed by atoms with E-state index in [1.54, 1.807) is 13.2 Å². The van der Waals surface area contributed by atoms with Gasteiger partial charge in [0.1, 0.15) is 5.75 Å². The number of rotatable bonds is 9. The number of aromatic nitrogens is 1. The van der Waals surface area contributed by atoms with Crippen LogP contribution >= 0.6 is 0 Å². The number of likely N-dealkylation sites (N-methyl/N-ethyl adjacent to an activating group) is 1. The molecule has 11 heteroatoms. The van der Waals surface area contributed by atoms with Crippen molar-refractivity contribution in [3.63, 3.8) is 0 Å². The van der Waals surface area contributed by atoms with Crippen LogP contribution in [0.4, 0.5) is 0 Å². The Kier molecular flexibility index (Phi) is 8.78. The fourth-order valence-corrected chi connectivity index (χ4v) is 10.4. The van der Waals surface area contributed by atoms with Gasteiger partial charge in [-0.2, -0.15) is 12.7 Å². The number of nitrogens with one attached hydrogen (secondary N) is 1. The number of ether oxygens (including phenoxy) is 1. The molecule has 2 aromatic carbocycles. The summed E-state index contributed by atoms with van der Waals surface area (Å²) in [5.74, 6) is 0.825. The standard InChI is InChI=1S/C40H53N5O5S/c1-42(2)33-13-9-10-14-34(33)45(27-16-17-27)39(47)40-23-32(40)31-22-28(50-5)18-20-29(31)37-36(25-11-7-6-8-12-25)30-19-15-26(21-35(30)44(37)24-40)38(46)41-51(48,49)43(3)4/h15,18-22,25,27,32-34H,6-14,16-17,23-24H2,1-5H3,(H,41,46)/t32?,33-,34-,40?/m1/s1. The van der Waals surface area contributed by atoms with Gasteiger partial charge in [-0.25, -0.2) is 4.72 Å². The third-order valence-electron chi connectivity index (χ3n) is 12.8. The topological polar surface area (TPSA) is 104 Å². The molecule has 1 aliphatic heterocycles. The van der Waals surface area contributed by atoms with Gasteiger partial charge < -0.3 is 19.1 Å². The summed E-state index contributed by atoms with van der Waals surface area (Å²) in [4.78, 5) is 33.7. The number of hydrogen-bond donors (Lipinski definition) is 1. The van der Waals surface area contributed by atoms with Crippen LogP contribution in [0.15, 0.2) is 36.4 Å². The molecule has 0 saturated heterocycles. The van der Waals surface area contributed by atoms with Crippen LogP contribution in [0, 0.1) is 5.41 Å². The van der Waals surface area contributed by atoms with E-state index < -0.39 is 21.5 Å². The number of nitrogens with zero attached hydrogens (tertiary/aromatic N) is 4. The van der Waals surface area contributed by atoms with Crippen LogP contribution in [0.2, 0.25) is 0 Å². The maximum atomic E-state index is 15.5. The minimum absolute atomic E-state index is 0.0589. The minimum Gasteiger partial charge on any atom is -0.497 e. The van der Waals surface area contributed by atoms with Gasteiger partial charge in [0.25, 0.3) is 5.91 Å². The summed E-state index contributed by atoms with van der Waals surface area (Å²) >= 11 is 0. The molecule has 2 unspecified atom stereocenters. The van der Waals surface area contributed by atoms with Crippen LogP contribution in [-0.2, 0) is 21.5 Å². The smallest absolute Gasteiger partial charge is 0.303 e. The predicted molar refractivity (Wildman–Crippen MR) is 199 cm³/mol. The molecule has 5 aliphatic rings. The first kappa shape index (κ1) is 34.7. The van der Waals surface area contributed by atoms with Crippen LogP contribution in [0.25, 0.3) is 22.2 Å². The number of carbonyl (C=O) groups excluding carboxylic acids is 2. The summed E-state index contributed by atoms with van der Waals surface area (Å²) in [6.07, 6.45) is 13.1. The lowest BCUT2D eigenvalue weighted by Crippen LogP contribution is -2.56. The largest absolute Gasteiger partial charge is 0.497 e. The first-order valence-corrected chi connectivity index (χ1v) is 20.5. The molecular weight excluding hydrogens is 663 g/mol. The summed E-state index contributed by atoms with van der Waals surface area (Å²) in [6, 6.07) is 12.8. The van der Waals surface area contributed by atoms with Crippen LogP contribution in [0.1, 0.15) is 110 Å². The predicted octanol–water partition coefficient (Wildman–Crippen LogP) is 6.25. The minimum atomic E-state index is -3.98. The van der Waals surface area contributed by atoms with Gasteiger partial charge in [-0.1, -0.05) is 38.2 Å². The van der Waals surface area contributed by atoms with Crippen molar-refractivity contribution < 1.29 is 22.7 Å². The zero-order valence-corrected chi connectivity index (χ0v) is 31.6. The van der Waals surface area contributed by atoms with Crippen molar-refractivity contribution in [1.82, 2.24) is 23.4 Å². The van der Waals surface area contributed by atoms with E-state index in [-0.39, 0.29) is 23.4 Å². The monoisotopic (exact) mass is 715 g/mol. The molecule has 0 radical (unpaired) electrons. The Bertz CT molecular complexity index is 1980. The molecule has 4 aliphatic carbocycles. The lowest BCUT2D eigenvalue weighted by atomic mass is 9.81. The van der Waals surface area contributed by atoms with Gasteiger partial charge in [0.2, 0.25) is 5.91 Å². The van der Waals surface area contributed by atoms with Crippen LogP contribution in [-0.4, -0.2) is 92.3 Å². The lowest BCUT2D eigenvalue weighted by molar-refractivity contribution is -0.143. The molecule has 4 fully saturated rings. The van der Waals surface area contributed by atoms with Gasteiger partial charge in [-0.3, -0.25) is 9.59 Å². The Morgan fingerprint density at radius 3 is 2.25 bits per heavy atom. The van der Waals surface area contributed by atoms with Gasteiger partial charge in [0, 0.05) is 66.7 Å². The van der Waals surface area contributed by atoms with Crippen molar-refractivity contribution in [2.45, 2.75) is 114 Å². The van der Waals surface area contributed by atoms with E-state index >= 15 is 4.79 Å². The van der Waals surface area contributed by atoms with Crippen LogP contribution in [0.5, 0.6) is 5.75 Å². The fraction of sp³-hybridized carbons (Fsp3) is 0.600. The summed E-state index contributed by atoms with van der Waals surface area (Å²) in [7, 11) is 4.85. The molecule has 2 heterocycles. The second kappa shape index (κ2) is 12.9. The van der Waals surface area contributed by atoms with Crippen molar-refractivity contribution in [2.75, 3.05) is 35.3 Å². The highest BCUT2D eigenvalue weighted by Gasteiger charge is 2.65. The number of fused-ring (bicyclic) bond motifs is 7. The second-order valence-corrected chi connectivity index (χ2v) is 18.2. The molecular formula is C40H53N5O5S. The van der Waals surface area contributed by atoms with E-state index in [9.17, 15) is 13.2 Å². The third kappa shape index (κ3) is 5.87. The third-order valence-corrected chi connectivity index (χ3v) is 14.2. The van der Waals surface area contributed by atoms with Gasteiger partial charge >= 0.3 is 10.2 Å². The van der Waals surface area contributed by atoms with Crippen molar-refractivity contribution in [1.29, 1.82) is 0 Å². The number of benzene rings is 2. The Labute approximate surface area is 302 Å². The maximum Gasteiger partial charge on any atom is 0.303 e. The second-order valence-electron chi connectivity index (χ2n) is 16.3. The van der Waals surface area contributed by atoms with E-state index in [2.05, 4.69) is 45.3 Å². The summed E-state index contributed by atoms with van der Waals surface area (Å²) in [5.41, 5.74) is 5.33. The van der Waals surface area contributed by atoms with Gasteiger partial charge in [-0.15, -0.1) is 0 Å². The Balaban J connectivity index is 1.31. The van der Waals surface area contributed by atoms with Gasteiger partial charge in [0.05, 0.1) is 18.2 Å². The van der Waals surface area contributed by atoms with E-state index in [0.29, 0.717) is 24.5 Å². The lowest BCUT2D eigenvalue weighted by Gasteiger charge is -2.44. The van der Waals surface area contributed by atoms with Crippen LogP contribution in [0.3, 0.4) is 0 Å². The van der Waals surface area contributed by atoms with Gasteiger partial charge in [0.15, 0.2) is 0 Å². The fourth-order valence-electron chi connectivity index (χ4n) is 9.91. The molecule has 51 heavy (non-hydrogen) atoms. The Hall–Kier alpha value is -3.41. The normalized spacial score (nSPS) is 26.3. The Morgan fingerprint density at radius 1 is 0.882 bits per heavy atom. The molecule has 0 spiro atoms. The van der Waals surface area contributed by atoms with E-state index in [4.69, 9.17) is 4.74 Å². The van der Waals surface area contributed by atoms with Crippen molar-refractivity contribution in [3.05, 3.63) is 53.1 Å². The molecule has 4 saturated carbocycles. The van der Waals surface area contributed by atoms with E-state index in [1.807, 2.05) is 18.2 Å². The van der Waals surface area contributed by atoms with Crippen molar-refractivity contribution >= 4 is 32.9 Å². The molecule has 4 atom stereocenters. The average molecular weight is 716 g/mol. The van der Waals surface area contributed by atoms with Crippen molar-refractivity contribution in [3.8, 4) is 17.0 Å². The highest BCUT2D eigenvalue weighted by molar-refractivity contribution is 7.87. The highest BCUT2D eigenvalue weighted by Crippen LogP contribution is 2.67. The van der Waals surface area contributed by atoms with Crippen molar-refractivity contribution in [2.24, 2.45) is 5.41 Å². The highest BCUT2D eigenvalue weighted by atomic mass is 32.2. The number of hydrogen-bond acceptors (Lipinski definition) is 6. The molecule has 2 amide bonds. The zero-order chi connectivity index (χ0) is 35.8. The van der Waals surface area contributed by atoms with E-state index in [1.165, 1.54) is 50.9 Å². The van der Waals surface area contributed by atoms with E-state index in [0.717, 1.165) is 83.6 Å². The van der Waals surface area contributed by atoms with Gasteiger partial charge in [-0.05, 0) is 106 Å². The average Bonchev–Trinajstić information content (AvgIpc) is 4.05. The molecule has 3 aromatic rings. The van der Waals surface area contributed by atoms with Crippen LogP contribution < -0.4 is 9.46 Å². The molecule has 10 nitrogen and oxygen atoms in total. The SMILES string of the molecule is COc1ccc2c(c1)C1CC1(C(=O)N(C1CC1)[C@@H]1CCCC[C@H]1N(C)C)Cn1c-2c(C2CCCCC2)c2ccc(C(=O)NS(=O)(=O)N(C)C)cc21. The first-order valence-electron chi connectivity index (χ1n) is 19.0. The molecule has 1 N–H and O–H groups in total. The summed E-state index contributed by atoms with van der Waals surface area (Å²) in [5, 5.41) is 1.09. The quantitative estimate of drug-likeness (QED) is 0.281. The molecule has 1 aromatic heterocycles. The number of methoxy groups -OCH3 is 1. The molecule has 274 valence electrons. The summed E-state index contributed by atoms with van der Waals surface area (Å²) in [6.45, 7) is 0.524. The first-order chi connectivity index (χ1) is 24.4. The molecule has 8 rings (SSSR count). The molecule has 0 bridgehead atoms. The Morgan fingerprint density at radius 2 is 1.59 bits per heavy atom. The number of carbonyl (C=O) groups is 2. The number of amides is 2. The zero-order valence-electron chi connectivity index (χ0n) is 30.8.